The Bertz CT molecular complexity index is 439. The zero-order chi connectivity index (χ0) is 11.9. The van der Waals surface area contributed by atoms with Crippen molar-refractivity contribution in [3.63, 3.8) is 0 Å². The van der Waals surface area contributed by atoms with Gasteiger partial charge >= 0.3 is 5.97 Å². The molecule has 0 bridgehead atoms. The van der Waals surface area contributed by atoms with Crippen molar-refractivity contribution in [2.75, 3.05) is 6.54 Å². The molecule has 0 amide bonds. The average molecular weight is 223 g/mol. The first-order chi connectivity index (χ1) is 7.50. The van der Waals surface area contributed by atoms with Gasteiger partial charge in [0.2, 0.25) is 0 Å². The fourth-order valence-corrected chi connectivity index (χ4v) is 2.91. The molecular formula is C11H17N3O2. The summed E-state index contributed by atoms with van der Waals surface area (Å²) in [7, 11) is 1.90. The molecule has 0 fully saturated rings. The Hall–Kier alpha value is -1.36. The molecule has 0 radical (unpaired) electrons. The third-order valence-electron chi connectivity index (χ3n) is 3.59. The van der Waals surface area contributed by atoms with Crippen molar-refractivity contribution in [3.05, 3.63) is 17.0 Å². The Labute approximate surface area is 94.2 Å². The second-order valence-electron chi connectivity index (χ2n) is 4.59. The van der Waals surface area contributed by atoms with E-state index in [1.165, 1.54) is 0 Å². The number of hydrogen-bond donors (Lipinski definition) is 2. The van der Waals surface area contributed by atoms with E-state index in [0.717, 1.165) is 29.8 Å². The summed E-state index contributed by atoms with van der Waals surface area (Å²) in [5.41, 5.74) is 8.54. The first-order valence-corrected chi connectivity index (χ1v) is 5.45. The molecule has 5 nitrogen and oxygen atoms in total. The molecule has 1 unspecified atom stereocenters. The van der Waals surface area contributed by atoms with Gasteiger partial charge in [-0.15, -0.1) is 0 Å². The number of aryl methyl sites for hydroxylation is 2. The number of carboxylic acids is 1. The lowest BCUT2D eigenvalue weighted by molar-refractivity contribution is -0.138. The fourth-order valence-electron chi connectivity index (χ4n) is 2.91. The number of carboxylic acid groups (broad SMARTS) is 1. The minimum absolute atomic E-state index is 0.100. The van der Waals surface area contributed by atoms with Gasteiger partial charge in [0.15, 0.2) is 0 Å². The molecule has 0 saturated carbocycles. The van der Waals surface area contributed by atoms with Crippen molar-refractivity contribution in [3.8, 4) is 0 Å². The lowest BCUT2D eigenvalue weighted by Crippen LogP contribution is -2.35. The summed E-state index contributed by atoms with van der Waals surface area (Å²) in [4.78, 5) is 11.0. The lowest BCUT2D eigenvalue weighted by Gasteiger charge is -2.26. The molecule has 1 heterocycles. The first kappa shape index (κ1) is 11.1. The highest BCUT2D eigenvalue weighted by molar-refractivity contribution is 5.70. The summed E-state index contributed by atoms with van der Waals surface area (Å²) in [5.74, 6) is -0.790. The number of aliphatic carboxylic acids is 1. The van der Waals surface area contributed by atoms with E-state index >= 15 is 0 Å². The smallest absolute Gasteiger partial charge is 0.304 e. The minimum atomic E-state index is -0.790. The standard InChI is InChI=1S/C11H17N3O2/c1-7-10-8(14(2)13-7)3-4-11(10,6-12)5-9(15)16/h3-6,12H2,1-2H3,(H,15,16). The Kier molecular flexibility index (Phi) is 2.50. The molecule has 0 spiro atoms. The molecule has 0 aromatic carbocycles. The minimum Gasteiger partial charge on any atom is -0.481 e. The number of nitrogens with zero attached hydrogens (tertiary/aromatic N) is 2. The maximum atomic E-state index is 11.0. The van der Waals surface area contributed by atoms with E-state index in [1.807, 2.05) is 18.7 Å². The van der Waals surface area contributed by atoms with Crippen LogP contribution >= 0.6 is 0 Å². The van der Waals surface area contributed by atoms with Crippen LogP contribution in [0, 0.1) is 6.92 Å². The molecule has 1 atom stereocenters. The van der Waals surface area contributed by atoms with Crippen molar-refractivity contribution >= 4 is 5.97 Å². The van der Waals surface area contributed by atoms with E-state index in [0.29, 0.717) is 6.54 Å². The Balaban J connectivity index is 2.50. The van der Waals surface area contributed by atoms with Crippen LogP contribution < -0.4 is 5.73 Å². The van der Waals surface area contributed by atoms with Gasteiger partial charge < -0.3 is 10.8 Å². The van der Waals surface area contributed by atoms with Crippen molar-refractivity contribution < 1.29 is 9.90 Å². The second kappa shape index (κ2) is 3.59. The van der Waals surface area contributed by atoms with Crippen molar-refractivity contribution in [2.45, 2.75) is 31.6 Å². The van der Waals surface area contributed by atoms with Gasteiger partial charge in [0.1, 0.15) is 0 Å². The Morgan fingerprint density at radius 1 is 1.69 bits per heavy atom. The number of fused-ring (bicyclic) bond motifs is 1. The lowest BCUT2D eigenvalue weighted by atomic mass is 9.79. The summed E-state index contributed by atoms with van der Waals surface area (Å²) < 4.78 is 1.85. The average Bonchev–Trinajstić information content (AvgIpc) is 2.69. The van der Waals surface area contributed by atoms with Gasteiger partial charge in [-0.1, -0.05) is 0 Å². The summed E-state index contributed by atoms with van der Waals surface area (Å²) in [5, 5.41) is 13.4. The molecule has 3 N–H and O–H groups in total. The quantitative estimate of drug-likeness (QED) is 0.774. The summed E-state index contributed by atoms with van der Waals surface area (Å²) in [6.07, 6.45) is 1.79. The molecule has 16 heavy (non-hydrogen) atoms. The largest absolute Gasteiger partial charge is 0.481 e. The van der Waals surface area contributed by atoms with Gasteiger partial charge in [-0.05, 0) is 19.8 Å². The first-order valence-electron chi connectivity index (χ1n) is 5.45. The second-order valence-corrected chi connectivity index (χ2v) is 4.59. The third kappa shape index (κ3) is 1.43. The molecule has 1 aromatic rings. The molecule has 88 valence electrons. The van der Waals surface area contributed by atoms with Crippen LogP contribution in [0.1, 0.15) is 29.8 Å². The Morgan fingerprint density at radius 3 is 2.94 bits per heavy atom. The molecule has 5 heteroatoms. The predicted octanol–water partition coefficient (Wildman–Crippen LogP) is 0.346. The van der Waals surface area contributed by atoms with Crippen LogP contribution in [0.15, 0.2) is 0 Å². The number of hydrogen-bond acceptors (Lipinski definition) is 3. The molecular weight excluding hydrogens is 206 g/mol. The fraction of sp³-hybridized carbons (Fsp3) is 0.636. The number of rotatable bonds is 3. The van der Waals surface area contributed by atoms with Crippen LogP contribution in [0.2, 0.25) is 0 Å². The van der Waals surface area contributed by atoms with Gasteiger partial charge in [-0.3, -0.25) is 9.48 Å². The van der Waals surface area contributed by atoms with Gasteiger partial charge in [0.05, 0.1) is 12.1 Å². The Morgan fingerprint density at radius 2 is 2.38 bits per heavy atom. The highest BCUT2D eigenvalue weighted by atomic mass is 16.4. The molecule has 1 aliphatic carbocycles. The zero-order valence-corrected chi connectivity index (χ0v) is 9.66. The van der Waals surface area contributed by atoms with Crippen LogP contribution in [0.5, 0.6) is 0 Å². The predicted molar refractivity (Wildman–Crippen MR) is 59.3 cm³/mol. The van der Waals surface area contributed by atoms with Crippen LogP contribution in [0.4, 0.5) is 0 Å². The van der Waals surface area contributed by atoms with Crippen LogP contribution in [-0.2, 0) is 23.7 Å². The number of carbonyl (C=O) groups is 1. The van der Waals surface area contributed by atoms with Gasteiger partial charge in [-0.2, -0.15) is 5.10 Å². The monoisotopic (exact) mass is 223 g/mol. The SMILES string of the molecule is Cc1nn(C)c2c1C(CN)(CC(=O)O)CC2. The van der Waals surface area contributed by atoms with Gasteiger partial charge in [0.25, 0.3) is 0 Å². The molecule has 1 aromatic heterocycles. The molecule has 0 aliphatic heterocycles. The van der Waals surface area contributed by atoms with Crippen LogP contribution in [0.3, 0.4) is 0 Å². The van der Waals surface area contributed by atoms with E-state index in [9.17, 15) is 4.79 Å². The maximum absolute atomic E-state index is 11.0. The molecule has 1 aliphatic rings. The normalized spacial score (nSPS) is 23.4. The molecule has 0 saturated heterocycles. The van der Waals surface area contributed by atoms with E-state index in [-0.39, 0.29) is 6.42 Å². The maximum Gasteiger partial charge on any atom is 0.304 e. The third-order valence-corrected chi connectivity index (χ3v) is 3.59. The highest BCUT2D eigenvalue weighted by Gasteiger charge is 2.43. The highest BCUT2D eigenvalue weighted by Crippen LogP contribution is 2.42. The number of aromatic nitrogens is 2. The van der Waals surface area contributed by atoms with E-state index in [4.69, 9.17) is 10.8 Å². The van der Waals surface area contributed by atoms with E-state index < -0.39 is 11.4 Å². The topological polar surface area (TPSA) is 81.1 Å². The zero-order valence-electron chi connectivity index (χ0n) is 9.66. The van der Waals surface area contributed by atoms with Gasteiger partial charge in [0, 0.05) is 30.3 Å². The summed E-state index contributed by atoms with van der Waals surface area (Å²) >= 11 is 0. The van der Waals surface area contributed by atoms with Gasteiger partial charge in [-0.25, -0.2) is 0 Å². The molecule has 2 rings (SSSR count). The number of nitrogens with two attached hydrogens (primary N) is 1. The summed E-state index contributed by atoms with van der Waals surface area (Å²) in [6.45, 7) is 2.30. The summed E-state index contributed by atoms with van der Waals surface area (Å²) in [6, 6.07) is 0. The van der Waals surface area contributed by atoms with Crippen LogP contribution in [0.25, 0.3) is 0 Å². The van der Waals surface area contributed by atoms with Crippen molar-refractivity contribution in [1.82, 2.24) is 9.78 Å². The van der Waals surface area contributed by atoms with E-state index in [2.05, 4.69) is 5.10 Å². The van der Waals surface area contributed by atoms with E-state index in [1.54, 1.807) is 0 Å². The van der Waals surface area contributed by atoms with Crippen molar-refractivity contribution in [2.24, 2.45) is 12.8 Å². The van der Waals surface area contributed by atoms with Crippen molar-refractivity contribution in [1.29, 1.82) is 0 Å². The van der Waals surface area contributed by atoms with Crippen LogP contribution in [-0.4, -0.2) is 27.4 Å².